The molecule has 0 aliphatic heterocycles. The molecule has 2 aromatic carbocycles. The first-order valence-corrected chi connectivity index (χ1v) is 9.77. The number of rotatable bonds is 4. The lowest BCUT2D eigenvalue weighted by Crippen LogP contribution is -2.28. The van der Waals surface area contributed by atoms with Crippen molar-refractivity contribution in [1.29, 1.82) is 5.41 Å². The van der Waals surface area contributed by atoms with Crippen molar-refractivity contribution < 1.29 is 4.79 Å². The number of nitrogen functional groups attached to an aromatic ring is 1. The van der Waals surface area contributed by atoms with Gasteiger partial charge in [0.15, 0.2) is 5.82 Å². The molecule has 0 saturated carbocycles. The topological polar surface area (TPSA) is 121 Å². The van der Waals surface area contributed by atoms with E-state index in [0.29, 0.717) is 27.8 Å². The van der Waals surface area contributed by atoms with Gasteiger partial charge in [0.2, 0.25) is 0 Å². The number of nitrogens with one attached hydrogen (secondary N) is 3. The molecule has 7 nitrogen and oxygen atoms in total. The molecule has 5 rings (SSSR count). The van der Waals surface area contributed by atoms with Crippen LogP contribution in [0.4, 0.5) is 5.69 Å². The largest absolute Gasteiger partial charge is 0.398 e. The number of aromatic nitrogens is 3. The number of pyridine rings is 1. The van der Waals surface area contributed by atoms with Crippen molar-refractivity contribution >= 4 is 28.3 Å². The molecule has 5 N–H and O–H groups in total. The molecule has 0 radical (unpaired) electrons. The van der Waals surface area contributed by atoms with Crippen LogP contribution >= 0.6 is 0 Å². The van der Waals surface area contributed by atoms with E-state index >= 15 is 0 Å². The Morgan fingerprint density at radius 3 is 2.80 bits per heavy atom. The van der Waals surface area contributed by atoms with E-state index in [0.717, 1.165) is 12.8 Å². The van der Waals surface area contributed by atoms with Gasteiger partial charge in [-0.05, 0) is 48.2 Å². The van der Waals surface area contributed by atoms with E-state index in [-0.39, 0.29) is 23.5 Å². The van der Waals surface area contributed by atoms with Crippen molar-refractivity contribution in [3.63, 3.8) is 0 Å². The highest BCUT2D eigenvalue weighted by Crippen LogP contribution is 2.31. The second-order valence-corrected chi connectivity index (χ2v) is 7.42. The molecule has 2 heterocycles. The van der Waals surface area contributed by atoms with Gasteiger partial charge >= 0.3 is 0 Å². The number of H-pyrrole nitrogens is 1. The smallest absolute Gasteiger partial charge is 0.287 e. The summed E-state index contributed by atoms with van der Waals surface area (Å²) in [6, 6.07) is 15.1. The van der Waals surface area contributed by atoms with Gasteiger partial charge in [0, 0.05) is 29.2 Å². The lowest BCUT2D eigenvalue weighted by atomic mass is 10.0. The van der Waals surface area contributed by atoms with E-state index in [1.54, 1.807) is 36.7 Å². The van der Waals surface area contributed by atoms with E-state index in [1.807, 2.05) is 12.1 Å². The van der Waals surface area contributed by atoms with Gasteiger partial charge in [0.05, 0.1) is 22.8 Å². The van der Waals surface area contributed by atoms with Crippen LogP contribution in [0.3, 0.4) is 0 Å². The van der Waals surface area contributed by atoms with Gasteiger partial charge in [0.25, 0.3) is 5.91 Å². The Morgan fingerprint density at radius 1 is 1.17 bits per heavy atom. The lowest BCUT2D eigenvalue weighted by molar-refractivity contribution is 0.0927. The van der Waals surface area contributed by atoms with Crippen LogP contribution in [0.25, 0.3) is 11.0 Å². The second kappa shape index (κ2) is 7.11. The zero-order chi connectivity index (χ0) is 20.7. The fourth-order valence-corrected chi connectivity index (χ4v) is 4.01. The predicted octanol–water partition coefficient (Wildman–Crippen LogP) is 3.37. The molecule has 1 aliphatic carbocycles. The molecule has 0 bridgehead atoms. The average molecular weight is 396 g/mol. The van der Waals surface area contributed by atoms with Crippen LogP contribution < -0.4 is 11.1 Å². The van der Waals surface area contributed by atoms with Gasteiger partial charge in [-0.1, -0.05) is 24.3 Å². The number of hydrogen-bond acceptors (Lipinski definition) is 5. The third-order valence-corrected chi connectivity index (χ3v) is 5.54. The van der Waals surface area contributed by atoms with E-state index in [1.165, 1.54) is 11.1 Å². The van der Waals surface area contributed by atoms with E-state index in [9.17, 15) is 4.79 Å². The van der Waals surface area contributed by atoms with Crippen LogP contribution in [0.5, 0.6) is 0 Å². The standard InChI is InChI=1S/C23H20N6O/c24-17-12-20-19(11-16(17)21(25)14-7-9-26-10-8-14)27-22(28-20)23(30)29-18-6-5-13-3-1-2-4-15(13)18/h1-4,7-12,18,25H,5-6,24H2,(H,27,28)(H,29,30). The normalized spacial score (nSPS) is 15.1. The minimum absolute atomic E-state index is 0.0117. The maximum Gasteiger partial charge on any atom is 0.287 e. The highest BCUT2D eigenvalue weighted by atomic mass is 16.2. The summed E-state index contributed by atoms with van der Waals surface area (Å²) in [5.41, 5.74) is 11.9. The third kappa shape index (κ3) is 3.10. The average Bonchev–Trinajstić information content (AvgIpc) is 3.37. The van der Waals surface area contributed by atoms with Gasteiger partial charge in [-0.3, -0.25) is 15.2 Å². The lowest BCUT2D eigenvalue weighted by Gasteiger charge is -2.12. The van der Waals surface area contributed by atoms with E-state index < -0.39 is 0 Å². The predicted molar refractivity (Wildman–Crippen MR) is 116 cm³/mol. The molecule has 2 aromatic heterocycles. The summed E-state index contributed by atoms with van der Waals surface area (Å²) in [6.45, 7) is 0. The summed E-state index contributed by atoms with van der Waals surface area (Å²) in [5.74, 6) is -0.0152. The zero-order valence-corrected chi connectivity index (χ0v) is 16.1. The van der Waals surface area contributed by atoms with Crippen LogP contribution in [0.1, 0.15) is 45.3 Å². The number of benzene rings is 2. The molecule has 1 atom stereocenters. The molecule has 1 aliphatic rings. The second-order valence-electron chi connectivity index (χ2n) is 7.42. The number of hydrogen-bond donors (Lipinski definition) is 4. The van der Waals surface area contributed by atoms with Crippen molar-refractivity contribution in [1.82, 2.24) is 20.3 Å². The summed E-state index contributed by atoms with van der Waals surface area (Å²) in [7, 11) is 0. The molecule has 0 saturated heterocycles. The summed E-state index contributed by atoms with van der Waals surface area (Å²) in [4.78, 5) is 24.3. The number of aromatic amines is 1. The Labute approximate surface area is 172 Å². The summed E-state index contributed by atoms with van der Waals surface area (Å²) >= 11 is 0. The first-order valence-electron chi connectivity index (χ1n) is 9.77. The number of carbonyl (C=O) groups is 1. The number of carbonyl (C=O) groups excluding carboxylic acids is 1. The van der Waals surface area contributed by atoms with Crippen LogP contribution in [0.15, 0.2) is 60.9 Å². The number of nitrogens with two attached hydrogens (primary N) is 1. The molecule has 1 unspecified atom stereocenters. The summed E-state index contributed by atoms with van der Waals surface area (Å²) in [5, 5.41) is 11.5. The maximum absolute atomic E-state index is 12.8. The van der Waals surface area contributed by atoms with Crippen LogP contribution in [0, 0.1) is 5.41 Å². The summed E-state index contributed by atoms with van der Waals surface area (Å²) < 4.78 is 0. The van der Waals surface area contributed by atoms with E-state index in [4.69, 9.17) is 11.1 Å². The van der Waals surface area contributed by atoms with E-state index in [2.05, 4.69) is 32.4 Å². The number of imidazole rings is 1. The quantitative estimate of drug-likeness (QED) is 0.312. The van der Waals surface area contributed by atoms with Gasteiger partial charge in [-0.2, -0.15) is 0 Å². The maximum atomic E-state index is 12.8. The fraction of sp³-hybridized carbons (Fsp3) is 0.130. The SMILES string of the molecule is N=C(c1ccncc1)c1cc2nc(C(=O)NC3CCc4ccccc43)[nH]c2cc1N. The Morgan fingerprint density at radius 2 is 1.97 bits per heavy atom. The molecule has 0 spiro atoms. The number of nitrogens with zero attached hydrogens (tertiary/aromatic N) is 2. The minimum atomic E-state index is -0.253. The molecular formula is C23H20N6O. The molecule has 1 amide bonds. The summed E-state index contributed by atoms with van der Waals surface area (Å²) in [6.07, 6.45) is 5.11. The van der Waals surface area contributed by atoms with Crippen LogP contribution in [-0.2, 0) is 6.42 Å². The Hall–Kier alpha value is -4.00. The van der Waals surface area contributed by atoms with Gasteiger partial charge < -0.3 is 16.0 Å². The first kappa shape index (κ1) is 18.1. The van der Waals surface area contributed by atoms with Crippen molar-refractivity contribution in [2.75, 3.05) is 5.73 Å². The minimum Gasteiger partial charge on any atom is -0.398 e. The van der Waals surface area contributed by atoms with Crippen LogP contribution in [-0.4, -0.2) is 26.6 Å². The molecule has 4 aromatic rings. The third-order valence-electron chi connectivity index (χ3n) is 5.54. The molecule has 7 heteroatoms. The molecular weight excluding hydrogens is 376 g/mol. The highest BCUT2D eigenvalue weighted by molar-refractivity contribution is 6.15. The van der Waals surface area contributed by atoms with Gasteiger partial charge in [-0.15, -0.1) is 0 Å². The number of anilines is 1. The number of fused-ring (bicyclic) bond motifs is 2. The Kier molecular flexibility index (Phi) is 4.28. The Bertz CT molecular complexity index is 1280. The molecule has 0 fully saturated rings. The first-order chi connectivity index (χ1) is 14.6. The number of aryl methyl sites for hydroxylation is 1. The fourth-order valence-electron chi connectivity index (χ4n) is 4.01. The van der Waals surface area contributed by atoms with Gasteiger partial charge in [0.1, 0.15) is 0 Å². The van der Waals surface area contributed by atoms with Crippen molar-refractivity contribution in [2.45, 2.75) is 18.9 Å². The molecule has 148 valence electrons. The van der Waals surface area contributed by atoms with Crippen molar-refractivity contribution in [3.8, 4) is 0 Å². The van der Waals surface area contributed by atoms with Crippen LogP contribution in [0.2, 0.25) is 0 Å². The zero-order valence-electron chi connectivity index (χ0n) is 16.1. The number of amides is 1. The monoisotopic (exact) mass is 396 g/mol. The van der Waals surface area contributed by atoms with Crippen molar-refractivity contribution in [2.24, 2.45) is 0 Å². The Balaban J connectivity index is 1.43. The molecule has 30 heavy (non-hydrogen) atoms. The highest BCUT2D eigenvalue weighted by Gasteiger charge is 2.25. The van der Waals surface area contributed by atoms with Crippen molar-refractivity contribution in [3.05, 3.63) is 89.0 Å². The van der Waals surface area contributed by atoms with Gasteiger partial charge in [-0.25, -0.2) is 4.98 Å².